The van der Waals surface area contributed by atoms with E-state index in [0.29, 0.717) is 22.0 Å². The number of nitriles is 1. The van der Waals surface area contributed by atoms with E-state index in [1.54, 1.807) is 12.3 Å². The van der Waals surface area contributed by atoms with E-state index >= 15 is 0 Å². The first kappa shape index (κ1) is 12.2. The molecule has 0 amide bonds. The van der Waals surface area contributed by atoms with Crippen molar-refractivity contribution in [1.82, 2.24) is 4.98 Å². The van der Waals surface area contributed by atoms with Crippen LogP contribution >= 0.6 is 11.6 Å². The Morgan fingerprint density at radius 2 is 2.24 bits per heavy atom. The molecule has 0 aliphatic heterocycles. The summed E-state index contributed by atoms with van der Waals surface area (Å²) in [6, 6.07) is 4.11. The summed E-state index contributed by atoms with van der Waals surface area (Å²) in [6.07, 6.45) is 4.08. The topological polar surface area (TPSA) is 39.9 Å². The van der Waals surface area contributed by atoms with Crippen LogP contribution in [0.25, 0.3) is 0 Å². The van der Waals surface area contributed by atoms with Crippen molar-refractivity contribution in [3.63, 3.8) is 0 Å². The molecule has 1 aromatic heterocycles. The number of hydrogen-bond donors (Lipinski definition) is 0. The fourth-order valence-corrected chi connectivity index (χ4v) is 2.32. The summed E-state index contributed by atoms with van der Waals surface area (Å²) < 4.78 is 0. The number of aromatic nitrogens is 1. The van der Waals surface area contributed by atoms with Gasteiger partial charge in [0.25, 0.3) is 0 Å². The molecule has 0 radical (unpaired) electrons. The summed E-state index contributed by atoms with van der Waals surface area (Å²) >= 11 is 6.16. The number of rotatable bonds is 3. The number of hydrogen-bond acceptors (Lipinski definition) is 3. The molecule has 1 fully saturated rings. The molecule has 1 aliphatic carbocycles. The number of pyridine rings is 1. The van der Waals surface area contributed by atoms with E-state index < -0.39 is 0 Å². The average Bonchev–Trinajstić information content (AvgIpc) is 3.06. The minimum absolute atomic E-state index is 0.383. The molecule has 0 aromatic carbocycles. The second-order valence-corrected chi connectivity index (χ2v) is 5.49. The Balaban J connectivity index is 2.25. The normalized spacial score (nSPS) is 18.3. The zero-order valence-corrected chi connectivity index (χ0v) is 11.1. The third kappa shape index (κ3) is 2.23. The maximum Gasteiger partial charge on any atom is 0.147 e. The van der Waals surface area contributed by atoms with Crippen LogP contribution in [-0.4, -0.2) is 18.1 Å². The first-order chi connectivity index (χ1) is 7.98. The van der Waals surface area contributed by atoms with E-state index in [0.717, 1.165) is 5.82 Å². The Bertz CT molecular complexity index is 474. The standard InChI is InChI=1S/C13H16ClN3/c1-9(13(2)4-5-13)17(3)12-11(14)6-10(7-15)8-16-12/h6,8-9H,4-5H2,1-3H3/t9-/m0/s1. The van der Waals surface area contributed by atoms with Gasteiger partial charge in [0.05, 0.1) is 10.6 Å². The maximum absolute atomic E-state index is 8.78. The molecule has 3 nitrogen and oxygen atoms in total. The van der Waals surface area contributed by atoms with Crippen LogP contribution in [-0.2, 0) is 0 Å². The van der Waals surface area contributed by atoms with Gasteiger partial charge in [0.15, 0.2) is 0 Å². The fourth-order valence-electron chi connectivity index (χ4n) is 2.02. The number of anilines is 1. The largest absolute Gasteiger partial charge is 0.355 e. The molecular formula is C13H16ClN3. The molecule has 17 heavy (non-hydrogen) atoms. The SMILES string of the molecule is C[C@H](N(C)c1ncc(C#N)cc1Cl)C1(C)CC1. The van der Waals surface area contributed by atoms with Crippen molar-refractivity contribution in [2.45, 2.75) is 32.7 Å². The Labute approximate surface area is 107 Å². The zero-order chi connectivity index (χ0) is 12.6. The Hall–Kier alpha value is -1.27. The molecule has 1 saturated carbocycles. The van der Waals surface area contributed by atoms with Crippen LogP contribution in [0.1, 0.15) is 32.3 Å². The van der Waals surface area contributed by atoms with Gasteiger partial charge in [-0.05, 0) is 31.2 Å². The summed E-state index contributed by atoms with van der Waals surface area (Å²) in [5.41, 5.74) is 0.880. The minimum atomic E-state index is 0.383. The van der Waals surface area contributed by atoms with Gasteiger partial charge in [0.1, 0.15) is 11.9 Å². The molecule has 4 heteroatoms. The van der Waals surface area contributed by atoms with Gasteiger partial charge in [0, 0.05) is 19.3 Å². The second kappa shape index (κ2) is 4.19. The highest BCUT2D eigenvalue weighted by Gasteiger charge is 2.44. The summed E-state index contributed by atoms with van der Waals surface area (Å²) in [5.74, 6) is 0.756. The molecule has 1 aromatic rings. The van der Waals surface area contributed by atoms with Gasteiger partial charge in [-0.25, -0.2) is 4.98 Å². The molecule has 2 rings (SSSR count). The van der Waals surface area contributed by atoms with Crippen molar-refractivity contribution < 1.29 is 0 Å². The van der Waals surface area contributed by atoms with Crippen molar-refractivity contribution in [2.75, 3.05) is 11.9 Å². The maximum atomic E-state index is 8.78. The van der Waals surface area contributed by atoms with E-state index in [9.17, 15) is 0 Å². The van der Waals surface area contributed by atoms with Crippen molar-refractivity contribution >= 4 is 17.4 Å². The molecule has 1 aliphatic rings. The molecule has 1 heterocycles. The summed E-state index contributed by atoms with van der Waals surface area (Å²) in [6.45, 7) is 4.48. The van der Waals surface area contributed by atoms with E-state index in [-0.39, 0.29) is 0 Å². The van der Waals surface area contributed by atoms with Crippen molar-refractivity contribution in [1.29, 1.82) is 5.26 Å². The Morgan fingerprint density at radius 3 is 2.71 bits per heavy atom. The highest BCUT2D eigenvalue weighted by Crippen LogP contribution is 2.50. The first-order valence-corrected chi connectivity index (χ1v) is 6.14. The predicted molar refractivity (Wildman–Crippen MR) is 69.2 cm³/mol. The lowest BCUT2D eigenvalue weighted by atomic mass is 9.99. The van der Waals surface area contributed by atoms with Gasteiger partial charge >= 0.3 is 0 Å². The molecule has 1 atom stereocenters. The van der Waals surface area contributed by atoms with Crippen LogP contribution in [0.4, 0.5) is 5.82 Å². The predicted octanol–water partition coefficient (Wildman–Crippen LogP) is 3.23. The van der Waals surface area contributed by atoms with Crippen LogP contribution in [0, 0.1) is 16.7 Å². The zero-order valence-electron chi connectivity index (χ0n) is 10.4. The van der Waals surface area contributed by atoms with Gasteiger partial charge in [0.2, 0.25) is 0 Å². The van der Waals surface area contributed by atoms with Crippen LogP contribution in [0.3, 0.4) is 0 Å². The second-order valence-electron chi connectivity index (χ2n) is 5.08. The molecular weight excluding hydrogens is 234 g/mol. The third-order valence-corrected chi connectivity index (χ3v) is 4.19. The van der Waals surface area contributed by atoms with Crippen molar-refractivity contribution in [3.8, 4) is 6.07 Å². The summed E-state index contributed by atoms with van der Waals surface area (Å²) in [7, 11) is 2.01. The molecule has 0 N–H and O–H groups in total. The monoisotopic (exact) mass is 249 g/mol. The lowest BCUT2D eigenvalue weighted by molar-refractivity contribution is 0.445. The van der Waals surface area contributed by atoms with Crippen LogP contribution in [0.2, 0.25) is 5.02 Å². The van der Waals surface area contributed by atoms with Crippen LogP contribution in [0.15, 0.2) is 12.3 Å². The van der Waals surface area contributed by atoms with Gasteiger partial charge < -0.3 is 4.90 Å². The third-order valence-electron chi connectivity index (χ3n) is 3.91. The highest BCUT2D eigenvalue weighted by atomic mass is 35.5. The van der Waals surface area contributed by atoms with E-state index in [4.69, 9.17) is 16.9 Å². The summed E-state index contributed by atoms with van der Waals surface area (Å²) in [5, 5.41) is 9.32. The smallest absolute Gasteiger partial charge is 0.147 e. The van der Waals surface area contributed by atoms with Crippen LogP contribution in [0.5, 0.6) is 0 Å². The summed E-state index contributed by atoms with van der Waals surface area (Å²) in [4.78, 5) is 6.39. The molecule has 0 spiro atoms. The first-order valence-electron chi connectivity index (χ1n) is 5.76. The average molecular weight is 250 g/mol. The van der Waals surface area contributed by atoms with Gasteiger partial charge in [-0.2, -0.15) is 5.26 Å². The van der Waals surface area contributed by atoms with E-state index in [2.05, 4.69) is 23.7 Å². The lowest BCUT2D eigenvalue weighted by Gasteiger charge is -2.31. The Morgan fingerprint density at radius 1 is 1.59 bits per heavy atom. The van der Waals surface area contributed by atoms with Gasteiger partial charge in [-0.15, -0.1) is 0 Å². The Kier molecular flexibility index (Phi) is 3.01. The minimum Gasteiger partial charge on any atom is -0.355 e. The van der Waals surface area contributed by atoms with E-state index in [1.165, 1.54) is 12.8 Å². The molecule has 0 bridgehead atoms. The van der Waals surface area contributed by atoms with Crippen LogP contribution < -0.4 is 4.90 Å². The lowest BCUT2D eigenvalue weighted by Crippen LogP contribution is -2.36. The fraction of sp³-hybridized carbons (Fsp3) is 0.538. The van der Waals surface area contributed by atoms with Crippen molar-refractivity contribution in [2.24, 2.45) is 5.41 Å². The quantitative estimate of drug-likeness (QED) is 0.826. The van der Waals surface area contributed by atoms with E-state index in [1.807, 2.05) is 13.1 Å². The molecule has 0 saturated heterocycles. The molecule has 90 valence electrons. The number of nitrogens with zero attached hydrogens (tertiary/aromatic N) is 3. The van der Waals surface area contributed by atoms with Crippen molar-refractivity contribution in [3.05, 3.63) is 22.8 Å². The number of halogens is 1. The van der Waals surface area contributed by atoms with Gasteiger partial charge in [-0.3, -0.25) is 0 Å². The molecule has 0 unspecified atom stereocenters. The highest BCUT2D eigenvalue weighted by molar-refractivity contribution is 6.33. The van der Waals surface area contributed by atoms with Gasteiger partial charge in [-0.1, -0.05) is 18.5 Å².